The first-order chi connectivity index (χ1) is 14.9. The number of amides is 1. The van der Waals surface area contributed by atoms with Crippen LogP contribution in [0.1, 0.15) is 23.6 Å². The standard InChI is InChI=1S/C23H29ClN2O4S/c24-21-10-8-20(9-11-21)22(26-12-14-30-15-13-26)17-25-23(27)18-31(28,29)16-4-7-19-5-2-1-3-6-19/h1-3,5-6,8-11,22H,4,7,12-18H2,(H,25,27). The first kappa shape index (κ1) is 23.7. The van der Waals surface area contributed by atoms with E-state index in [4.69, 9.17) is 16.3 Å². The number of aryl methyl sites for hydroxylation is 1. The molecule has 0 spiro atoms. The van der Waals surface area contributed by atoms with E-state index in [1.54, 1.807) is 0 Å². The van der Waals surface area contributed by atoms with Crippen LogP contribution in [0.25, 0.3) is 0 Å². The Hall–Kier alpha value is -1.93. The lowest BCUT2D eigenvalue weighted by atomic mass is 10.0. The van der Waals surface area contributed by atoms with Crippen LogP contribution in [0, 0.1) is 0 Å². The number of benzene rings is 2. The predicted octanol–water partition coefficient (Wildman–Crippen LogP) is 2.88. The first-order valence-electron chi connectivity index (χ1n) is 10.5. The molecule has 1 fully saturated rings. The topological polar surface area (TPSA) is 75.7 Å². The zero-order valence-corrected chi connectivity index (χ0v) is 19.1. The molecule has 2 aromatic carbocycles. The van der Waals surface area contributed by atoms with Crippen LogP contribution in [0.2, 0.25) is 5.02 Å². The van der Waals surface area contributed by atoms with Crippen molar-refractivity contribution in [2.24, 2.45) is 0 Å². The molecule has 1 atom stereocenters. The van der Waals surface area contributed by atoms with Crippen molar-refractivity contribution < 1.29 is 17.9 Å². The Morgan fingerprint density at radius 3 is 2.42 bits per heavy atom. The number of nitrogens with one attached hydrogen (secondary N) is 1. The molecule has 1 aliphatic rings. The molecule has 2 aromatic rings. The van der Waals surface area contributed by atoms with Crippen LogP contribution in [-0.4, -0.2) is 63.6 Å². The van der Waals surface area contributed by atoms with Gasteiger partial charge in [0.1, 0.15) is 5.75 Å². The molecule has 1 unspecified atom stereocenters. The molecule has 1 saturated heterocycles. The van der Waals surface area contributed by atoms with Crippen LogP contribution in [0.4, 0.5) is 0 Å². The summed E-state index contributed by atoms with van der Waals surface area (Å²) in [6.45, 7) is 3.10. The predicted molar refractivity (Wildman–Crippen MR) is 123 cm³/mol. The molecule has 0 radical (unpaired) electrons. The average molecular weight is 465 g/mol. The van der Waals surface area contributed by atoms with Crippen LogP contribution in [0.3, 0.4) is 0 Å². The van der Waals surface area contributed by atoms with E-state index in [0.29, 0.717) is 37.6 Å². The van der Waals surface area contributed by atoms with Crippen molar-refractivity contribution in [3.05, 3.63) is 70.7 Å². The molecular weight excluding hydrogens is 436 g/mol. The summed E-state index contributed by atoms with van der Waals surface area (Å²) < 4.78 is 30.2. The number of carbonyl (C=O) groups excluding carboxylic acids is 1. The SMILES string of the molecule is O=C(CS(=O)(=O)CCCc1ccccc1)NCC(c1ccc(Cl)cc1)N1CCOCC1. The number of halogens is 1. The van der Waals surface area contributed by atoms with E-state index in [1.165, 1.54) is 0 Å². The second-order valence-electron chi connectivity index (χ2n) is 7.70. The molecule has 31 heavy (non-hydrogen) atoms. The van der Waals surface area contributed by atoms with Gasteiger partial charge in [0.25, 0.3) is 0 Å². The van der Waals surface area contributed by atoms with Crippen LogP contribution >= 0.6 is 11.6 Å². The van der Waals surface area contributed by atoms with Gasteiger partial charge in [-0.25, -0.2) is 8.42 Å². The summed E-state index contributed by atoms with van der Waals surface area (Å²) in [5.74, 6) is -0.954. The van der Waals surface area contributed by atoms with Crippen molar-refractivity contribution in [1.82, 2.24) is 10.2 Å². The van der Waals surface area contributed by atoms with Gasteiger partial charge in [0.15, 0.2) is 9.84 Å². The third kappa shape index (κ3) is 7.92. The molecule has 1 N–H and O–H groups in total. The number of sulfone groups is 1. The van der Waals surface area contributed by atoms with Gasteiger partial charge in [-0.15, -0.1) is 0 Å². The van der Waals surface area contributed by atoms with Crippen molar-refractivity contribution in [3.8, 4) is 0 Å². The van der Waals surface area contributed by atoms with Crippen molar-refractivity contribution in [1.29, 1.82) is 0 Å². The highest BCUT2D eigenvalue weighted by Crippen LogP contribution is 2.23. The number of carbonyl (C=O) groups is 1. The molecular formula is C23H29ClN2O4S. The fourth-order valence-electron chi connectivity index (χ4n) is 3.71. The van der Waals surface area contributed by atoms with Gasteiger partial charge in [-0.1, -0.05) is 54.1 Å². The molecule has 0 saturated carbocycles. The number of morpholine rings is 1. The Bertz CT molecular complexity index is 930. The van der Waals surface area contributed by atoms with E-state index >= 15 is 0 Å². The van der Waals surface area contributed by atoms with Crippen LogP contribution in [0.5, 0.6) is 0 Å². The molecule has 0 aliphatic carbocycles. The maximum Gasteiger partial charge on any atom is 0.235 e. The maximum atomic E-state index is 12.4. The lowest BCUT2D eigenvalue weighted by Gasteiger charge is -2.35. The Morgan fingerprint density at radius 2 is 1.74 bits per heavy atom. The highest BCUT2D eigenvalue weighted by molar-refractivity contribution is 7.92. The highest BCUT2D eigenvalue weighted by Gasteiger charge is 2.24. The minimum atomic E-state index is -3.46. The average Bonchev–Trinajstić information content (AvgIpc) is 2.76. The zero-order valence-electron chi connectivity index (χ0n) is 17.5. The van der Waals surface area contributed by atoms with E-state index in [2.05, 4.69) is 10.2 Å². The third-order valence-corrected chi connectivity index (χ3v) is 7.21. The van der Waals surface area contributed by atoms with Gasteiger partial charge >= 0.3 is 0 Å². The van der Waals surface area contributed by atoms with Gasteiger partial charge < -0.3 is 10.1 Å². The fraction of sp³-hybridized carbons (Fsp3) is 0.435. The highest BCUT2D eigenvalue weighted by atomic mass is 35.5. The summed E-state index contributed by atoms with van der Waals surface area (Å²) in [6, 6.07) is 17.2. The van der Waals surface area contributed by atoms with Gasteiger partial charge in [-0.05, 0) is 36.1 Å². The second-order valence-corrected chi connectivity index (χ2v) is 10.3. The van der Waals surface area contributed by atoms with Gasteiger partial charge in [-0.3, -0.25) is 9.69 Å². The Morgan fingerprint density at radius 1 is 1.06 bits per heavy atom. The van der Waals surface area contributed by atoms with Crippen molar-refractivity contribution >= 4 is 27.3 Å². The molecule has 0 aromatic heterocycles. The zero-order chi connectivity index (χ0) is 22.1. The first-order valence-corrected chi connectivity index (χ1v) is 12.7. The Balaban J connectivity index is 1.52. The molecule has 1 aliphatic heterocycles. The Labute approximate surface area is 189 Å². The number of ether oxygens (including phenoxy) is 1. The normalized spacial score (nSPS) is 16.0. The molecule has 168 valence electrons. The molecule has 1 amide bonds. The number of hydrogen-bond donors (Lipinski definition) is 1. The number of rotatable bonds is 10. The summed E-state index contributed by atoms with van der Waals surface area (Å²) in [6.07, 6.45) is 1.18. The van der Waals surface area contributed by atoms with E-state index in [-0.39, 0.29) is 11.8 Å². The Kier molecular flexibility index (Phi) is 8.90. The molecule has 1 heterocycles. The molecule has 6 nitrogen and oxygen atoms in total. The summed E-state index contributed by atoms with van der Waals surface area (Å²) in [5, 5.41) is 3.47. The van der Waals surface area contributed by atoms with Crippen molar-refractivity contribution in [3.63, 3.8) is 0 Å². The van der Waals surface area contributed by atoms with Crippen LogP contribution in [-0.2, 0) is 25.8 Å². The van der Waals surface area contributed by atoms with Crippen LogP contribution < -0.4 is 5.32 Å². The quantitative estimate of drug-likeness (QED) is 0.585. The van der Waals surface area contributed by atoms with Crippen molar-refractivity contribution in [2.45, 2.75) is 18.9 Å². The largest absolute Gasteiger partial charge is 0.379 e. The number of nitrogens with zero attached hydrogens (tertiary/aromatic N) is 1. The summed E-state index contributed by atoms with van der Waals surface area (Å²) >= 11 is 6.01. The molecule has 3 rings (SSSR count). The van der Waals surface area contributed by atoms with Gasteiger partial charge in [0.2, 0.25) is 5.91 Å². The number of hydrogen-bond acceptors (Lipinski definition) is 5. The summed E-state index contributed by atoms with van der Waals surface area (Å²) in [4.78, 5) is 14.6. The minimum Gasteiger partial charge on any atom is -0.379 e. The lowest BCUT2D eigenvalue weighted by molar-refractivity contribution is -0.119. The summed E-state index contributed by atoms with van der Waals surface area (Å²) in [5.41, 5.74) is 2.12. The third-order valence-electron chi connectivity index (χ3n) is 5.35. The fourth-order valence-corrected chi connectivity index (χ4v) is 5.06. The second kappa shape index (κ2) is 11.6. The van der Waals surface area contributed by atoms with Gasteiger partial charge in [-0.2, -0.15) is 0 Å². The van der Waals surface area contributed by atoms with Crippen LogP contribution in [0.15, 0.2) is 54.6 Å². The monoisotopic (exact) mass is 464 g/mol. The van der Waals surface area contributed by atoms with E-state index in [9.17, 15) is 13.2 Å². The van der Waals surface area contributed by atoms with E-state index in [1.807, 2.05) is 54.6 Å². The smallest absolute Gasteiger partial charge is 0.235 e. The lowest BCUT2D eigenvalue weighted by Crippen LogP contribution is -2.44. The molecule has 0 bridgehead atoms. The van der Waals surface area contributed by atoms with E-state index in [0.717, 1.165) is 24.2 Å². The maximum absolute atomic E-state index is 12.4. The van der Waals surface area contributed by atoms with Gasteiger partial charge in [0, 0.05) is 24.7 Å². The summed E-state index contributed by atoms with van der Waals surface area (Å²) in [7, 11) is -3.46. The molecule has 8 heteroatoms. The minimum absolute atomic E-state index is 0.000604. The van der Waals surface area contributed by atoms with Crippen molar-refractivity contribution in [2.75, 3.05) is 44.4 Å². The van der Waals surface area contributed by atoms with E-state index < -0.39 is 21.5 Å². The van der Waals surface area contributed by atoms with Gasteiger partial charge in [0.05, 0.1) is 25.0 Å².